The van der Waals surface area contributed by atoms with Gasteiger partial charge in [-0.2, -0.15) is 5.10 Å². The van der Waals surface area contributed by atoms with Crippen molar-refractivity contribution in [3.8, 4) is 5.75 Å². The van der Waals surface area contributed by atoms with Gasteiger partial charge in [0.05, 0.1) is 13.2 Å². The van der Waals surface area contributed by atoms with Gasteiger partial charge < -0.3 is 4.74 Å². The summed E-state index contributed by atoms with van der Waals surface area (Å²) in [6.45, 7) is 7.65. The number of aromatic nitrogens is 3. The molecule has 0 amide bonds. The minimum absolute atomic E-state index is 0.235. The zero-order valence-corrected chi connectivity index (χ0v) is 14.4. The summed E-state index contributed by atoms with van der Waals surface area (Å²) < 4.78 is 20.6. The first kappa shape index (κ1) is 16.9. The lowest BCUT2D eigenvalue weighted by atomic mass is 10.2. The van der Waals surface area contributed by atoms with E-state index in [1.165, 1.54) is 25.0 Å². The highest BCUT2D eigenvalue weighted by Crippen LogP contribution is 2.19. The van der Waals surface area contributed by atoms with Gasteiger partial charge in [-0.15, -0.1) is 0 Å². The summed E-state index contributed by atoms with van der Waals surface area (Å²) in [5.74, 6) is 2.31. The average Bonchev–Trinajstić information content (AvgIpc) is 3.12. The first-order valence-electron chi connectivity index (χ1n) is 8.62. The highest BCUT2D eigenvalue weighted by atomic mass is 19.1. The zero-order valence-electron chi connectivity index (χ0n) is 14.4. The van der Waals surface area contributed by atoms with Crippen molar-refractivity contribution in [2.45, 2.75) is 45.7 Å². The Morgan fingerprint density at radius 3 is 2.75 bits per heavy atom. The van der Waals surface area contributed by atoms with Crippen molar-refractivity contribution >= 4 is 0 Å². The van der Waals surface area contributed by atoms with Gasteiger partial charge in [0.2, 0.25) is 0 Å². The molecule has 1 aliphatic heterocycles. The van der Waals surface area contributed by atoms with E-state index in [-0.39, 0.29) is 5.82 Å². The molecule has 0 aliphatic carbocycles. The summed E-state index contributed by atoms with van der Waals surface area (Å²) >= 11 is 0. The lowest BCUT2D eigenvalue weighted by Crippen LogP contribution is -2.34. The fourth-order valence-electron chi connectivity index (χ4n) is 3.32. The third kappa shape index (κ3) is 4.32. The molecule has 0 N–H and O–H groups in total. The van der Waals surface area contributed by atoms with Crippen LogP contribution in [0.1, 0.15) is 30.9 Å². The second kappa shape index (κ2) is 7.75. The Hall–Kier alpha value is -1.95. The Morgan fingerprint density at radius 1 is 1.25 bits per heavy atom. The number of hydrogen-bond acceptors (Lipinski definition) is 4. The number of nitrogens with zero attached hydrogens (tertiary/aromatic N) is 4. The largest absolute Gasteiger partial charge is 0.494 e. The molecule has 0 unspecified atom stereocenters. The van der Waals surface area contributed by atoms with Gasteiger partial charge >= 0.3 is 0 Å². The van der Waals surface area contributed by atoms with Crippen LogP contribution in [-0.4, -0.2) is 45.4 Å². The van der Waals surface area contributed by atoms with Gasteiger partial charge in [-0.1, -0.05) is 0 Å². The molecule has 1 atom stereocenters. The number of aryl methyl sites for hydroxylation is 2. The van der Waals surface area contributed by atoms with E-state index in [2.05, 4.69) is 15.0 Å². The minimum Gasteiger partial charge on any atom is -0.494 e. The molecule has 0 saturated carbocycles. The maximum Gasteiger partial charge on any atom is 0.147 e. The van der Waals surface area contributed by atoms with Gasteiger partial charge in [0.1, 0.15) is 23.2 Å². The lowest BCUT2D eigenvalue weighted by molar-refractivity contribution is 0.202. The van der Waals surface area contributed by atoms with E-state index < -0.39 is 0 Å². The van der Waals surface area contributed by atoms with Crippen molar-refractivity contribution in [1.82, 2.24) is 19.7 Å². The van der Waals surface area contributed by atoms with Crippen molar-refractivity contribution in [3.63, 3.8) is 0 Å². The molecule has 0 radical (unpaired) electrons. The molecule has 2 aromatic rings. The highest BCUT2D eigenvalue weighted by Gasteiger charge is 2.25. The maximum absolute atomic E-state index is 12.9. The van der Waals surface area contributed by atoms with Crippen LogP contribution in [0.15, 0.2) is 24.3 Å². The van der Waals surface area contributed by atoms with Crippen LogP contribution in [0, 0.1) is 19.7 Å². The van der Waals surface area contributed by atoms with Gasteiger partial charge in [0, 0.05) is 12.6 Å². The topological polar surface area (TPSA) is 43.2 Å². The number of halogens is 1. The third-order valence-electron chi connectivity index (χ3n) is 4.52. The number of rotatable bonds is 7. The van der Waals surface area contributed by atoms with E-state index >= 15 is 0 Å². The summed E-state index contributed by atoms with van der Waals surface area (Å²) in [6, 6.07) is 6.71. The number of ether oxygens (including phenoxy) is 1. The molecule has 0 bridgehead atoms. The molecule has 3 rings (SSSR count). The van der Waals surface area contributed by atoms with Crippen molar-refractivity contribution in [2.24, 2.45) is 0 Å². The molecule has 130 valence electrons. The molecular weight excluding hydrogens is 307 g/mol. The van der Waals surface area contributed by atoms with Gasteiger partial charge in [-0.25, -0.2) is 14.1 Å². The fourth-order valence-corrected chi connectivity index (χ4v) is 3.32. The van der Waals surface area contributed by atoms with E-state index in [1.54, 1.807) is 12.1 Å². The van der Waals surface area contributed by atoms with E-state index in [1.807, 2.05) is 18.5 Å². The van der Waals surface area contributed by atoms with Crippen LogP contribution in [0.4, 0.5) is 4.39 Å². The second-order valence-electron chi connectivity index (χ2n) is 6.38. The normalized spacial score (nSPS) is 18.2. The van der Waals surface area contributed by atoms with Gasteiger partial charge in [0.25, 0.3) is 0 Å². The van der Waals surface area contributed by atoms with E-state index in [4.69, 9.17) is 4.74 Å². The van der Waals surface area contributed by atoms with Gasteiger partial charge in [0.15, 0.2) is 0 Å². The predicted octanol–water partition coefficient (Wildman–Crippen LogP) is 2.97. The second-order valence-corrected chi connectivity index (χ2v) is 6.38. The molecule has 2 heterocycles. The van der Waals surface area contributed by atoms with Gasteiger partial charge in [-0.05, 0) is 63.9 Å². The van der Waals surface area contributed by atoms with Crippen molar-refractivity contribution < 1.29 is 9.13 Å². The summed E-state index contributed by atoms with van der Waals surface area (Å²) in [4.78, 5) is 6.90. The highest BCUT2D eigenvalue weighted by molar-refractivity contribution is 5.21. The summed E-state index contributed by atoms with van der Waals surface area (Å²) in [5, 5.41) is 4.47. The van der Waals surface area contributed by atoms with Crippen LogP contribution in [0.25, 0.3) is 0 Å². The number of likely N-dealkylation sites (tertiary alicyclic amines) is 1. The summed E-state index contributed by atoms with van der Waals surface area (Å²) in [7, 11) is 0. The van der Waals surface area contributed by atoms with Crippen molar-refractivity contribution in [2.75, 3.05) is 19.7 Å². The Kier molecular flexibility index (Phi) is 5.45. The Morgan fingerprint density at radius 2 is 2.04 bits per heavy atom. The van der Waals surface area contributed by atoms with Crippen LogP contribution in [-0.2, 0) is 6.54 Å². The first-order valence-corrected chi connectivity index (χ1v) is 8.62. The third-order valence-corrected chi connectivity index (χ3v) is 4.52. The Labute approximate surface area is 142 Å². The molecule has 1 aromatic carbocycles. The summed E-state index contributed by atoms with van der Waals surface area (Å²) in [6.07, 6.45) is 3.40. The van der Waals surface area contributed by atoms with Crippen molar-refractivity contribution in [1.29, 1.82) is 0 Å². The van der Waals surface area contributed by atoms with Crippen molar-refractivity contribution in [3.05, 3.63) is 41.7 Å². The van der Waals surface area contributed by atoms with E-state index in [0.29, 0.717) is 12.6 Å². The summed E-state index contributed by atoms with van der Waals surface area (Å²) in [5.41, 5.74) is 0. The zero-order chi connectivity index (χ0) is 16.9. The molecule has 1 aliphatic rings. The molecule has 5 nitrogen and oxygen atoms in total. The van der Waals surface area contributed by atoms with Crippen LogP contribution < -0.4 is 4.74 Å². The van der Waals surface area contributed by atoms with Crippen LogP contribution in [0.5, 0.6) is 5.75 Å². The monoisotopic (exact) mass is 332 g/mol. The molecular formula is C18H25FN4O. The predicted molar refractivity (Wildman–Crippen MR) is 90.6 cm³/mol. The quantitative estimate of drug-likeness (QED) is 0.731. The standard InChI is InChI=1S/C18H25FN4O/c1-14-20-15(2)23(21-14)13-17-5-3-10-22(17)11-4-12-24-18-8-6-16(19)7-9-18/h6-9,17H,3-5,10-13H2,1-2H3/t17-/m0/s1. The lowest BCUT2D eigenvalue weighted by Gasteiger charge is -2.24. The Bertz CT molecular complexity index is 656. The molecule has 24 heavy (non-hydrogen) atoms. The fraction of sp³-hybridized carbons (Fsp3) is 0.556. The Balaban J connectivity index is 1.44. The minimum atomic E-state index is -0.235. The van der Waals surface area contributed by atoms with Crippen LogP contribution in [0.3, 0.4) is 0 Å². The maximum atomic E-state index is 12.9. The van der Waals surface area contributed by atoms with Crippen LogP contribution in [0.2, 0.25) is 0 Å². The van der Waals surface area contributed by atoms with E-state index in [9.17, 15) is 4.39 Å². The average molecular weight is 332 g/mol. The van der Waals surface area contributed by atoms with Crippen LogP contribution >= 0.6 is 0 Å². The smallest absolute Gasteiger partial charge is 0.147 e. The van der Waals surface area contributed by atoms with E-state index in [0.717, 1.165) is 43.5 Å². The van der Waals surface area contributed by atoms with Gasteiger partial charge in [-0.3, -0.25) is 4.90 Å². The first-order chi connectivity index (χ1) is 11.6. The molecule has 1 saturated heterocycles. The molecule has 1 fully saturated rings. The SMILES string of the molecule is Cc1nc(C)n(C[C@@H]2CCCN2CCCOc2ccc(F)cc2)n1. The number of benzene rings is 1. The molecule has 6 heteroatoms. The number of hydrogen-bond donors (Lipinski definition) is 0. The molecule has 1 aromatic heterocycles. The molecule has 0 spiro atoms.